The third kappa shape index (κ3) is 4.55. The fraction of sp³-hybridized carbons (Fsp3) is 0.321. The van der Waals surface area contributed by atoms with Crippen molar-refractivity contribution in [3.8, 4) is 17.6 Å². The average molecular weight is 538 g/mol. The Hall–Kier alpha value is -5.05. The highest BCUT2D eigenvalue weighted by Crippen LogP contribution is 2.37. The van der Waals surface area contributed by atoms with Crippen molar-refractivity contribution in [3.63, 3.8) is 0 Å². The number of anilines is 3. The summed E-state index contributed by atoms with van der Waals surface area (Å²) in [5, 5.41) is 10.2. The minimum Gasteiger partial charge on any atom is -0.493 e. The number of nitriles is 1. The molecule has 2 aliphatic heterocycles. The van der Waals surface area contributed by atoms with Crippen LogP contribution in [0.4, 0.5) is 22.1 Å². The number of methoxy groups -OCH3 is 2. The molecule has 0 spiro atoms. The van der Waals surface area contributed by atoms with E-state index in [1.807, 2.05) is 23.1 Å². The van der Waals surface area contributed by atoms with Crippen molar-refractivity contribution in [1.82, 2.24) is 29.8 Å². The SMILES string of the molecule is COc1cc2ncnc(N3CCC(CN4Cc5nccnc5N(c5ccnc(C#N)c5)C4=O)CC3)c2cc1OC. The number of fused-ring (bicyclic) bond motifs is 2. The van der Waals surface area contributed by atoms with Crippen LogP contribution in [-0.4, -0.2) is 69.7 Å². The van der Waals surface area contributed by atoms with Gasteiger partial charge in [0.25, 0.3) is 0 Å². The van der Waals surface area contributed by atoms with Gasteiger partial charge in [-0.1, -0.05) is 0 Å². The van der Waals surface area contributed by atoms with Crippen LogP contribution in [0.15, 0.2) is 49.2 Å². The van der Waals surface area contributed by atoms with Gasteiger partial charge in [-0.2, -0.15) is 5.26 Å². The fourth-order valence-corrected chi connectivity index (χ4v) is 5.39. The number of benzene rings is 1. The maximum atomic E-state index is 13.7. The second-order valence-corrected chi connectivity index (χ2v) is 9.69. The van der Waals surface area contributed by atoms with E-state index in [1.54, 1.807) is 45.1 Å². The quantitative estimate of drug-likeness (QED) is 0.358. The first-order valence-corrected chi connectivity index (χ1v) is 13.0. The Balaban J connectivity index is 1.20. The molecule has 12 heteroatoms. The molecule has 2 aliphatic rings. The first kappa shape index (κ1) is 25.2. The van der Waals surface area contributed by atoms with E-state index in [2.05, 4.69) is 29.8 Å². The van der Waals surface area contributed by atoms with Gasteiger partial charge in [-0.3, -0.25) is 4.98 Å². The molecule has 0 radical (unpaired) electrons. The number of piperidine rings is 1. The highest BCUT2D eigenvalue weighted by Gasteiger charge is 2.35. The topological polar surface area (TPSA) is 133 Å². The molecule has 1 saturated heterocycles. The molecule has 6 rings (SSSR count). The lowest BCUT2D eigenvalue weighted by molar-refractivity contribution is 0.182. The van der Waals surface area contributed by atoms with Gasteiger partial charge in [-0.25, -0.2) is 29.6 Å². The second-order valence-electron chi connectivity index (χ2n) is 9.69. The normalized spacial score (nSPS) is 15.6. The van der Waals surface area contributed by atoms with E-state index in [0.29, 0.717) is 47.7 Å². The second kappa shape index (κ2) is 10.6. The first-order valence-electron chi connectivity index (χ1n) is 13.0. The van der Waals surface area contributed by atoms with E-state index in [0.717, 1.165) is 42.7 Å². The number of rotatable bonds is 6. The van der Waals surface area contributed by atoms with E-state index < -0.39 is 0 Å². The molecule has 5 heterocycles. The minimum atomic E-state index is -0.187. The Morgan fingerprint density at radius 1 is 0.950 bits per heavy atom. The van der Waals surface area contributed by atoms with Crippen LogP contribution in [0.3, 0.4) is 0 Å². The summed E-state index contributed by atoms with van der Waals surface area (Å²) < 4.78 is 10.9. The Morgan fingerprint density at radius 2 is 1.73 bits per heavy atom. The van der Waals surface area contributed by atoms with E-state index in [-0.39, 0.29) is 11.7 Å². The maximum Gasteiger partial charge on any atom is 0.330 e. The van der Waals surface area contributed by atoms with Crippen LogP contribution in [-0.2, 0) is 6.54 Å². The Bertz CT molecular complexity index is 1610. The average Bonchev–Trinajstić information content (AvgIpc) is 3.01. The minimum absolute atomic E-state index is 0.187. The van der Waals surface area contributed by atoms with Gasteiger partial charge in [0.2, 0.25) is 0 Å². The summed E-state index contributed by atoms with van der Waals surface area (Å²) in [5.41, 5.74) is 2.28. The molecule has 40 heavy (non-hydrogen) atoms. The number of ether oxygens (including phenoxy) is 2. The molecule has 0 unspecified atom stereocenters. The summed E-state index contributed by atoms with van der Waals surface area (Å²) in [4.78, 5) is 41.4. The maximum absolute atomic E-state index is 13.7. The number of carbonyl (C=O) groups is 1. The van der Waals surface area contributed by atoms with Gasteiger partial charge < -0.3 is 19.3 Å². The zero-order chi connectivity index (χ0) is 27.6. The smallest absolute Gasteiger partial charge is 0.330 e. The number of hydrogen-bond donors (Lipinski definition) is 0. The largest absolute Gasteiger partial charge is 0.493 e. The lowest BCUT2D eigenvalue weighted by atomic mass is 9.95. The molecular formula is C28H27N9O3. The van der Waals surface area contributed by atoms with Crippen LogP contribution in [0, 0.1) is 17.2 Å². The number of carbonyl (C=O) groups excluding carboxylic acids is 1. The monoisotopic (exact) mass is 537 g/mol. The molecule has 0 N–H and O–H groups in total. The standard InChI is InChI=1S/C28H27N9O3/c1-39-24-12-21-22(13-25(24)40-2)33-17-34-26(21)35-9-4-18(5-10-35)15-36-16-23-27(32-8-7-31-23)37(28(36)38)20-3-6-30-19(11-20)14-29/h3,6-8,11-13,17-18H,4-5,9-10,15-16H2,1-2H3. The molecule has 1 fully saturated rings. The lowest BCUT2D eigenvalue weighted by Crippen LogP contribution is -2.48. The van der Waals surface area contributed by atoms with E-state index in [9.17, 15) is 10.1 Å². The molecule has 3 aromatic heterocycles. The lowest BCUT2D eigenvalue weighted by Gasteiger charge is -2.39. The summed E-state index contributed by atoms with van der Waals surface area (Å²) in [6.07, 6.45) is 8.08. The van der Waals surface area contributed by atoms with Crippen molar-refractivity contribution in [2.75, 3.05) is 43.7 Å². The van der Waals surface area contributed by atoms with Crippen LogP contribution < -0.4 is 19.3 Å². The van der Waals surface area contributed by atoms with Crippen molar-refractivity contribution in [2.24, 2.45) is 5.92 Å². The van der Waals surface area contributed by atoms with Crippen molar-refractivity contribution in [2.45, 2.75) is 19.4 Å². The molecule has 12 nitrogen and oxygen atoms in total. The van der Waals surface area contributed by atoms with E-state index in [1.165, 1.54) is 11.1 Å². The third-order valence-electron chi connectivity index (χ3n) is 7.39. The van der Waals surface area contributed by atoms with Crippen LogP contribution in [0.2, 0.25) is 0 Å². The summed E-state index contributed by atoms with van der Waals surface area (Å²) in [6, 6.07) is 8.93. The molecule has 202 valence electrons. The van der Waals surface area contributed by atoms with Crippen molar-refractivity contribution >= 4 is 34.3 Å². The molecule has 0 aliphatic carbocycles. The zero-order valence-electron chi connectivity index (χ0n) is 22.2. The van der Waals surface area contributed by atoms with Gasteiger partial charge >= 0.3 is 6.03 Å². The van der Waals surface area contributed by atoms with Crippen molar-refractivity contribution in [3.05, 3.63) is 60.6 Å². The number of amides is 2. The predicted molar refractivity (Wildman–Crippen MR) is 147 cm³/mol. The van der Waals surface area contributed by atoms with Gasteiger partial charge in [-0.05, 0) is 37.0 Å². The third-order valence-corrected chi connectivity index (χ3v) is 7.39. The Kier molecular flexibility index (Phi) is 6.69. The molecule has 1 aromatic carbocycles. The number of urea groups is 1. The molecule has 0 saturated carbocycles. The predicted octanol–water partition coefficient (Wildman–Crippen LogP) is 3.69. The van der Waals surface area contributed by atoms with E-state index in [4.69, 9.17) is 9.47 Å². The molecule has 0 atom stereocenters. The summed E-state index contributed by atoms with van der Waals surface area (Å²) in [7, 11) is 3.22. The number of hydrogen-bond acceptors (Lipinski definition) is 10. The number of aromatic nitrogens is 5. The molecule has 4 aromatic rings. The molecule has 0 bridgehead atoms. The van der Waals surface area contributed by atoms with Gasteiger partial charge in [-0.15, -0.1) is 0 Å². The van der Waals surface area contributed by atoms with Gasteiger partial charge in [0.1, 0.15) is 29.6 Å². The van der Waals surface area contributed by atoms with Gasteiger partial charge in [0.05, 0.1) is 32.0 Å². The van der Waals surface area contributed by atoms with Gasteiger partial charge in [0.15, 0.2) is 17.3 Å². The highest BCUT2D eigenvalue weighted by atomic mass is 16.5. The van der Waals surface area contributed by atoms with Gasteiger partial charge in [0, 0.05) is 49.7 Å². The van der Waals surface area contributed by atoms with Crippen LogP contribution in [0.25, 0.3) is 10.9 Å². The Morgan fingerprint density at radius 3 is 2.50 bits per heavy atom. The van der Waals surface area contributed by atoms with E-state index >= 15 is 0 Å². The van der Waals surface area contributed by atoms with Crippen LogP contribution >= 0.6 is 0 Å². The van der Waals surface area contributed by atoms with Crippen LogP contribution in [0.1, 0.15) is 24.2 Å². The fourth-order valence-electron chi connectivity index (χ4n) is 5.39. The Labute approximate surface area is 230 Å². The van der Waals surface area contributed by atoms with Crippen LogP contribution in [0.5, 0.6) is 11.5 Å². The molecular weight excluding hydrogens is 510 g/mol. The molecule has 2 amide bonds. The van der Waals surface area contributed by atoms with Crippen molar-refractivity contribution < 1.29 is 14.3 Å². The summed E-state index contributed by atoms with van der Waals surface area (Å²) in [5.74, 6) is 2.90. The number of nitrogens with zero attached hydrogens (tertiary/aromatic N) is 9. The first-order chi connectivity index (χ1) is 19.6. The number of pyridine rings is 1. The zero-order valence-corrected chi connectivity index (χ0v) is 22.2. The van der Waals surface area contributed by atoms with Crippen molar-refractivity contribution in [1.29, 1.82) is 5.26 Å². The highest BCUT2D eigenvalue weighted by molar-refractivity contribution is 6.00. The summed E-state index contributed by atoms with van der Waals surface area (Å²) in [6.45, 7) is 2.56. The summed E-state index contributed by atoms with van der Waals surface area (Å²) >= 11 is 0.